The van der Waals surface area contributed by atoms with Crippen LogP contribution in [0.25, 0.3) is 6.08 Å². The Bertz CT molecular complexity index is 1300. The minimum atomic E-state index is -3.79. The van der Waals surface area contributed by atoms with Crippen LogP contribution in [0.1, 0.15) is 43.2 Å². The first-order valence-electron chi connectivity index (χ1n) is 11.7. The van der Waals surface area contributed by atoms with E-state index in [1.54, 1.807) is 21.9 Å². The zero-order valence-electron chi connectivity index (χ0n) is 20.7. The fourth-order valence-electron chi connectivity index (χ4n) is 4.29. The minimum absolute atomic E-state index is 0.250. The zero-order valence-corrected chi connectivity index (χ0v) is 23.1. The van der Waals surface area contributed by atoms with Crippen LogP contribution in [0.2, 0.25) is 4.34 Å². The van der Waals surface area contributed by atoms with Gasteiger partial charge < -0.3 is 14.5 Å². The smallest absolute Gasteiger partial charge is 0.410 e. The molecule has 1 aromatic heterocycles. The number of fused-ring (bicyclic) bond motifs is 1. The predicted octanol–water partition coefficient (Wildman–Crippen LogP) is 4.73. The van der Waals surface area contributed by atoms with Crippen molar-refractivity contribution in [2.75, 3.05) is 25.0 Å². The topological polar surface area (TPSA) is 87.2 Å². The Hall–Kier alpha value is -2.40. The van der Waals surface area contributed by atoms with Gasteiger partial charge in [0.05, 0.1) is 4.34 Å². The van der Waals surface area contributed by atoms with E-state index in [-0.39, 0.29) is 12.0 Å². The molecule has 0 aliphatic carbocycles. The van der Waals surface area contributed by atoms with Crippen molar-refractivity contribution in [1.29, 1.82) is 0 Å². The van der Waals surface area contributed by atoms with Gasteiger partial charge in [0, 0.05) is 42.7 Å². The Kier molecular flexibility index (Phi) is 7.52. The van der Waals surface area contributed by atoms with Crippen LogP contribution in [0, 0.1) is 0 Å². The number of hydrogen-bond donors (Lipinski definition) is 0. The van der Waals surface area contributed by atoms with Crippen LogP contribution in [0.3, 0.4) is 0 Å². The van der Waals surface area contributed by atoms with E-state index in [1.807, 2.05) is 39.0 Å². The fourth-order valence-corrected chi connectivity index (χ4v) is 6.40. The lowest BCUT2D eigenvalue weighted by Gasteiger charge is -2.32. The number of carbonyl (C=O) groups excluding carboxylic acids is 2. The van der Waals surface area contributed by atoms with Crippen molar-refractivity contribution in [3.63, 3.8) is 0 Å². The summed E-state index contributed by atoms with van der Waals surface area (Å²) in [5, 5.41) is 1.11. The van der Waals surface area contributed by atoms with E-state index >= 15 is 0 Å². The molecule has 0 N–H and O–H groups in total. The predicted molar refractivity (Wildman–Crippen MR) is 143 cm³/mol. The van der Waals surface area contributed by atoms with Gasteiger partial charge in [-0.15, -0.1) is 11.3 Å². The lowest BCUT2D eigenvalue weighted by Crippen LogP contribution is -2.42. The molecule has 2 amide bonds. The number of halogens is 1. The average Bonchev–Trinajstić information content (AvgIpc) is 3.40. The molecule has 8 nitrogen and oxygen atoms in total. The first-order valence-corrected chi connectivity index (χ1v) is 14.4. The summed E-state index contributed by atoms with van der Waals surface area (Å²) in [5.74, 6) is -0.250. The summed E-state index contributed by atoms with van der Waals surface area (Å²) in [7, 11) is -2.36. The Labute approximate surface area is 221 Å². The molecule has 11 heteroatoms. The van der Waals surface area contributed by atoms with Gasteiger partial charge in [0.2, 0.25) is 15.9 Å². The Balaban J connectivity index is 1.43. The number of thiophene rings is 1. The highest BCUT2D eigenvalue weighted by molar-refractivity contribution is 7.92. The molecule has 1 saturated heterocycles. The highest BCUT2D eigenvalue weighted by atomic mass is 35.5. The van der Waals surface area contributed by atoms with Gasteiger partial charge in [-0.2, -0.15) is 4.31 Å². The maximum absolute atomic E-state index is 13.2. The quantitative estimate of drug-likeness (QED) is 0.536. The second-order valence-corrected chi connectivity index (χ2v) is 13.5. The van der Waals surface area contributed by atoms with Crippen LogP contribution in [-0.4, -0.2) is 61.4 Å². The highest BCUT2D eigenvalue weighted by Gasteiger charge is 2.39. The van der Waals surface area contributed by atoms with Crippen LogP contribution in [0.15, 0.2) is 35.7 Å². The van der Waals surface area contributed by atoms with Gasteiger partial charge in [0.1, 0.15) is 11.6 Å². The van der Waals surface area contributed by atoms with E-state index in [2.05, 4.69) is 0 Å². The van der Waals surface area contributed by atoms with E-state index < -0.39 is 21.7 Å². The summed E-state index contributed by atoms with van der Waals surface area (Å²) in [6, 6.07) is 8.42. The van der Waals surface area contributed by atoms with E-state index in [0.717, 1.165) is 31.4 Å². The van der Waals surface area contributed by atoms with Crippen molar-refractivity contribution >= 4 is 56.7 Å². The number of likely N-dealkylation sites (N-methyl/N-ethyl adjacent to an activating group) is 1. The van der Waals surface area contributed by atoms with Gasteiger partial charge in [-0.1, -0.05) is 17.7 Å². The Morgan fingerprint density at radius 1 is 1.19 bits per heavy atom. The molecule has 1 aromatic carbocycles. The molecule has 0 radical (unpaired) electrons. The van der Waals surface area contributed by atoms with Crippen molar-refractivity contribution < 1.29 is 22.7 Å². The summed E-state index contributed by atoms with van der Waals surface area (Å²) >= 11 is 7.19. The Morgan fingerprint density at radius 3 is 2.61 bits per heavy atom. The Morgan fingerprint density at radius 2 is 1.94 bits per heavy atom. The molecule has 36 heavy (non-hydrogen) atoms. The number of carbonyl (C=O) groups is 2. The first-order chi connectivity index (χ1) is 16.8. The van der Waals surface area contributed by atoms with Gasteiger partial charge in [-0.05, 0) is 75.1 Å². The molecular formula is C25H30ClN3O5S2. The maximum Gasteiger partial charge on any atom is 0.410 e. The molecule has 2 aliphatic heterocycles. The fraction of sp³-hybridized carbons (Fsp3) is 0.440. The van der Waals surface area contributed by atoms with Crippen molar-refractivity contribution in [3.8, 4) is 0 Å². The number of nitrogens with zero attached hydrogens (tertiary/aromatic N) is 3. The summed E-state index contributed by atoms with van der Waals surface area (Å²) in [6.07, 6.45) is 2.20. The van der Waals surface area contributed by atoms with Crippen molar-refractivity contribution in [2.45, 2.75) is 51.8 Å². The van der Waals surface area contributed by atoms with Gasteiger partial charge in [-0.3, -0.25) is 4.79 Å². The van der Waals surface area contributed by atoms with Crippen LogP contribution >= 0.6 is 22.9 Å². The summed E-state index contributed by atoms with van der Waals surface area (Å²) in [6.45, 7) is 6.93. The number of rotatable bonds is 5. The van der Waals surface area contributed by atoms with Gasteiger partial charge in [0.15, 0.2) is 0 Å². The van der Waals surface area contributed by atoms with Crippen LogP contribution in [0.5, 0.6) is 0 Å². The van der Waals surface area contributed by atoms with Crippen LogP contribution in [0.4, 0.5) is 10.5 Å². The molecule has 0 saturated carbocycles. The molecule has 0 bridgehead atoms. The second-order valence-electron chi connectivity index (χ2n) is 9.91. The number of hydrogen-bond acceptors (Lipinski definition) is 6. The molecule has 3 heterocycles. The largest absolute Gasteiger partial charge is 0.444 e. The second kappa shape index (κ2) is 10.2. The van der Waals surface area contributed by atoms with Gasteiger partial charge in [-0.25, -0.2) is 13.2 Å². The van der Waals surface area contributed by atoms with Crippen molar-refractivity contribution in [3.05, 3.63) is 56.1 Å². The number of amides is 2. The van der Waals surface area contributed by atoms with Crippen molar-refractivity contribution in [1.82, 2.24) is 9.21 Å². The third-order valence-electron chi connectivity index (χ3n) is 6.18. The number of ether oxygens (including phenoxy) is 1. The SMILES string of the molecule is CN([C@H]1CCN(c2ccc3c(c2)CCN(C(=O)OC(C)(C)C)C3)C1=O)S(=O)(=O)/C=C/c1ccc(Cl)s1. The monoisotopic (exact) mass is 551 g/mol. The normalized spacial score (nSPS) is 18.8. The van der Waals surface area contributed by atoms with E-state index in [9.17, 15) is 18.0 Å². The summed E-state index contributed by atoms with van der Waals surface area (Å²) in [5.41, 5.74) is 2.27. The third-order valence-corrected chi connectivity index (χ3v) is 8.92. The van der Waals surface area contributed by atoms with Gasteiger partial charge in [0.25, 0.3) is 0 Å². The van der Waals surface area contributed by atoms with Crippen molar-refractivity contribution in [2.24, 2.45) is 0 Å². The van der Waals surface area contributed by atoms with E-state index in [4.69, 9.17) is 16.3 Å². The van der Waals surface area contributed by atoms with E-state index in [0.29, 0.717) is 36.8 Å². The van der Waals surface area contributed by atoms with E-state index in [1.165, 1.54) is 24.5 Å². The maximum atomic E-state index is 13.2. The summed E-state index contributed by atoms with van der Waals surface area (Å²) < 4.78 is 32.9. The molecule has 194 valence electrons. The van der Waals surface area contributed by atoms with Crippen LogP contribution < -0.4 is 4.90 Å². The molecule has 1 atom stereocenters. The standard InChI is InChI=1S/C25H30ClN3O5S2/c1-25(2,3)34-24(31)28-12-9-17-15-19(6-5-18(17)16-28)29-13-10-21(23(29)30)27(4)36(32,33)14-11-20-7-8-22(26)35-20/h5-8,11,14-15,21H,9-10,12-13,16H2,1-4H3/b14-11+/t21-/m0/s1. The molecule has 1 fully saturated rings. The minimum Gasteiger partial charge on any atom is -0.444 e. The third kappa shape index (κ3) is 5.94. The molecular weight excluding hydrogens is 522 g/mol. The molecule has 2 aliphatic rings. The molecule has 4 rings (SSSR count). The molecule has 2 aromatic rings. The number of benzene rings is 1. The molecule has 0 unspecified atom stereocenters. The van der Waals surface area contributed by atoms with Gasteiger partial charge >= 0.3 is 6.09 Å². The zero-order chi connectivity index (χ0) is 26.3. The highest BCUT2D eigenvalue weighted by Crippen LogP contribution is 2.30. The summed E-state index contributed by atoms with van der Waals surface area (Å²) in [4.78, 5) is 29.7. The lowest BCUT2D eigenvalue weighted by atomic mass is 9.99. The average molecular weight is 552 g/mol. The number of anilines is 1. The molecule has 0 spiro atoms. The lowest BCUT2D eigenvalue weighted by molar-refractivity contribution is -0.120. The van der Waals surface area contributed by atoms with Crippen LogP contribution in [-0.2, 0) is 32.5 Å². The number of sulfonamides is 1. The first kappa shape index (κ1) is 26.7.